The second-order valence-electron chi connectivity index (χ2n) is 5.66. The van der Waals surface area contributed by atoms with Crippen LogP contribution < -0.4 is 0 Å². The maximum absolute atomic E-state index is 6.24. The second-order valence-corrected chi connectivity index (χ2v) is 21.3. The maximum atomic E-state index is 6.24. The third kappa shape index (κ3) is 9.19. The van der Waals surface area contributed by atoms with E-state index in [4.69, 9.17) is 28.8 Å². The Labute approximate surface area is 139 Å². The maximum Gasteiger partial charge on any atom is 0.412 e. The van der Waals surface area contributed by atoms with Crippen LogP contribution in [0.2, 0.25) is 45.8 Å². The van der Waals surface area contributed by atoms with E-state index in [0.717, 1.165) is 0 Å². The lowest BCUT2D eigenvalue weighted by molar-refractivity contribution is 0.279. The number of hydrogen-bond donors (Lipinski definition) is 0. The lowest BCUT2D eigenvalue weighted by Crippen LogP contribution is -2.56. The Bertz CT molecular complexity index is 328. The number of rotatable bonds is 0. The molecule has 1 aliphatic rings. The molecular formula is C7H21O7Si7. The van der Waals surface area contributed by atoms with Crippen LogP contribution in [0.15, 0.2) is 0 Å². The van der Waals surface area contributed by atoms with Gasteiger partial charge < -0.3 is 28.8 Å². The van der Waals surface area contributed by atoms with Crippen LogP contribution in [0, 0.1) is 0 Å². The van der Waals surface area contributed by atoms with Gasteiger partial charge in [0.2, 0.25) is 0 Å². The quantitative estimate of drug-likeness (QED) is 0.548. The fourth-order valence-electron chi connectivity index (χ4n) is 1.87. The van der Waals surface area contributed by atoms with E-state index in [1.165, 1.54) is 0 Å². The molecule has 1 aliphatic heterocycles. The molecule has 119 valence electrons. The van der Waals surface area contributed by atoms with Crippen molar-refractivity contribution in [3.63, 3.8) is 0 Å². The van der Waals surface area contributed by atoms with E-state index in [9.17, 15) is 0 Å². The zero-order valence-electron chi connectivity index (χ0n) is 13.4. The molecule has 0 N–H and O–H groups in total. The zero-order valence-corrected chi connectivity index (χ0v) is 20.4. The Morgan fingerprint density at radius 1 is 0.714 bits per heavy atom. The van der Waals surface area contributed by atoms with Gasteiger partial charge in [0.15, 0.2) is 0 Å². The third-order valence-corrected chi connectivity index (χ3v) is 18.1. The summed E-state index contributed by atoms with van der Waals surface area (Å²) in [7, 11) is -8.61. The molecule has 0 amide bonds. The van der Waals surface area contributed by atoms with Crippen LogP contribution >= 0.6 is 0 Å². The molecule has 0 aliphatic carbocycles. The first-order chi connectivity index (χ1) is 9.52. The molecule has 1 heterocycles. The summed E-state index contributed by atoms with van der Waals surface area (Å²) >= 11 is 0. The molecule has 0 bridgehead atoms. The molecule has 0 aromatic carbocycles. The lowest BCUT2D eigenvalue weighted by Gasteiger charge is -2.38. The fraction of sp³-hybridized carbons (Fsp3) is 1.00. The molecular weight excluding hydrogens is 393 g/mol. The van der Waals surface area contributed by atoms with E-state index in [1.807, 2.05) is 45.8 Å². The summed E-state index contributed by atoms with van der Waals surface area (Å²) in [6.45, 7) is 14.0. The average molecular weight is 414 g/mol. The Balaban J connectivity index is 2.76. The molecule has 0 aromatic heterocycles. The molecule has 21 heavy (non-hydrogen) atoms. The van der Waals surface area contributed by atoms with Gasteiger partial charge in [0, 0.05) is 0 Å². The van der Waals surface area contributed by atoms with E-state index in [0.29, 0.717) is 0 Å². The van der Waals surface area contributed by atoms with Crippen molar-refractivity contribution < 1.29 is 28.8 Å². The first kappa shape index (κ1) is 20.3. The minimum absolute atomic E-state index is 0.0836. The van der Waals surface area contributed by atoms with Gasteiger partial charge in [0.1, 0.15) is 0 Å². The molecule has 0 unspecified atom stereocenters. The van der Waals surface area contributed by atoms with Crippen molar-refractivity contribution in [3.05, 3.63) is 0 Å². The van der Waals surface area contributed by atoms with Gasteiger partial charge in [-0.05, 0) is 45.8 Å². The van der Waals surface area contributed by atoms with Gasteiger partial charge in [-0.3, -0.25) is 0 Å². The smallest absolute Gasteiger partial charge is 0.412 e. The molecule has 7 radical (unpaired) electrons. The van der Waals surface area contributed by atoms with Crippen LogP contribution in [-0.4, -0.2) is 65.0 Å². The SMILES string of the molecule is C[Si]1O[Si]O[Si]O[Si]O[Si](C)(C)O[Si](C)(C)O[Si](C)(C)O1. The molecule has 1 saturated heterocycles. The van der Waals surface area contributed by atoms with Crippen molar-refractivity contribution in [3.8, 4) is 0 Å². The molecule has 0 spiro atoms. The molecule has 0 aromatic rings. The van der Waals surface area contributed by atoms with Gasteiger partial charge in [-0.1, -0.05) is 0 Å². The number of hydrogen-bond acceptors (Lipinski definition) is 7. The average Bonchev–Trinajstić information content (AvgIpc) is 2.21. The predicted molar refractivity (Wildman–Crippen MR) is 88.9 cm³/mol. The summed E-state index contributed by atoms with van der Waals surface area (Å²) in [5.41, 5.74) is 0. The summed E-state index contributed by atoms with van der Waals surface area (Å²) < 4.78 is 40.3. The molecule has 1 fully saturated rings. The fourth-order valence-corrected chi connectivity index (χ4v) is 19.4. The van der Waals surface area contributed by atoms with Crippen LogP contribution in [0.3, 0.4) is 0 Å². The largest absolute Gasteiger partial charge is 0.416 e. The van der Waals surface area contributed by atoms with Gasteiger partial charge >= 0.3 is 65.0 Å². The van der Waals surface area contributed by atoms with E-state index in [-0.39, 0.29) is 30.0 Å². The highest BCUT2D eigenvalue weighted by molar-refractivity contribution is 6.86. The standard InChI is InChI=1S/C7H21O7Si7/c1-18-10-16-8-15-9-17-11-19(2,3)13-21(6,7)14-20(4,5)12-18/h1-7H3. The highest BCUT2D eigenvalue weighted by atomic mass is 28.5. The Hall–Kier alpha value is 1.24. The minimum atomic E-state index is -2.34. The van der Waals surface area contributed by atoms with Gasteiger partial charge in [-0.25, -0.2) is 0 Å². The minimum Gasteiger partial charge on any atom is -0.416 e. The summed E-state index contributed by atoms with van der Waals surface area (Å²) in [6.07, 6.45) is 0. The van der Waals surface area contributed by atoms with E-state index in [1.54, 1.807) is 0 Å². The van der Waals surface area contributed by atoms with Crippen molar-refractivity contribution >= 4 is 65.0 Å². The van der Waals surface area contributed by atoms with Crippen LogP contribution in [0.25, 0.3) is 0 Å². The van der Waals surface area contributed by atoms with Crippen molar-refractivity contribution in [2.75, 3.05) is 0 Å². The molecule has 1 rings (SSSR count). The van der Waals surface area contributed by atoms with Crippen molar-refractivity contribution in [1.82, 2.24) is 0 Å². The topological polar surface area (TPSA) is 64.6 Å². The van der Waals surface area contributed by atoms with Crippen molar-refractivity contribution in [2.24, 2.45) is 0 Å². The van der Waals surface area contributed by atoms with Crippen molar-refractivity contribution in [1.29, 1.82) is 0 Å². The zero-order chi connectivity index (χ0) is 16.1. The highest BCUT2D eigenvalue weighted by Gasteiger charge is 2.42. The summed E-state index contributed by atoms with van der Waals surface area (Å²) in [5, 5.41) is 0. The first-order valence-corrected chi connectivity index (χ1v) is 19.1. The van der Waals surface area contributed by atoms with Crippen LogP contribution in [0.4, 0.5) is 0 Å². The normalized spacial score (nSPS) is 28.7. The van der Waals surface area contributed by atoms with Gasteiger partial charge in [-0.15, -0.1) is 0 Å². The molecule has 7 nitrogen and oxygen atoms in total. The van der Waals surface area contributed by atoms with E-state index >= 15 is 0 Å². The molecule has 14 heteroatoms. The molecule has 0 saturated carbocycles. The first-order valence-electron chi connectivity index (χ1n) is 6.36. The van der Waals surface area contributed by atoms with E-state index in [2.05, 4.69) is 0 Å². The van der Waals surface area contributed by atoms with Gasteiger partial charge in [-0.2, -0.15) is 0 Å². The lowest BCUT2D eigenvalue weighted by atomic mass is 11.9. The third-order valence-electron chi connectivity index (χ3n) is 2.01. The van der Waals surface area contributed by atoms with Crippen LogP contribution in [0.1, 0.15) is 0 Å². The second kappa shape index (κ2) is 8.37. The van der Waals surface area contributed by atoms with Gasteiger partial charge in [0.05, 0.1) is 0 Å². The van der Waals surface area contributed by atoms with Gasteiger partial charge in [0.25, 0.3) is 0 Å². The van der Waals surface area contributed by atoms with Crippen molar-refractivity contribution in [2.45, 2.75) is 45.8 Å². The summed E-state index contributed by atoms with van der Waals surface area (Å²) in [4.78, 5) is 0. The van der Waals surface area contributed by atoms with Crippen LogP contribution in [-0.2, 0) is 28.8 Å². The Morgan fingerprint density at radius 2 is 1.29 bits per heavy atom. The summed E-state index contributed by atoms with van der Waals surface area (Å²) in [5.74, 6) is 0. The Morgan fingerprint density at radius 3 is 1.95 bits per heavy atom. The predicted octanol–water partition coefficient (Wildman–Crippen LogP) is 0.942. The van der Waals surface area contributed by atoms with E-state index < -0.39 is 35.0 Å². The highest BCUT2D eigenvalue weighted by Crippen LogP contribution is 2.22. The van der Waals surface area contributed by atoms with Crippen LogP contribution in [0.5, 0.6) is 0 Å². The Kier molecular flexibility index (Phi) is 8.08. The summed E-state index contributed by atoms with van der Waals surface area (Å²) in [6, 6.07) is 0. The monoisotopic (exact) mass is 413 g/mol. The molecule has 0 atom stereocenters.